The largest absolute Gasteiger partial charge is 0.493 e. The Labute approximate surface area is 178 Å². The number of amides is 1. The highest BCUT2D eigenvalue weighted by Gasteiger charge is 2.36. The Morgan fingerprint density at radius 1 is 1.10 bits per heavy atom. The second-order valence-electron chi connectivity index (χ2n) is 7.01. The van der Waals surface area contributed by atoms with E-state index < -0.39 is 11.0 Å². The van der Waals surface area contributed by atoms with E-state index in [1.807, 2.05) is 25.1 Å². The summed E-state index contributed by atoms with van der Waals surface area (Å²) in [7, 11) is -0.0829. The molecule has 0 aliphatic carbocycles. The number of rotatable bonds is 7. The number of carbonyl (C=O) groups is 1. The Kier molecular flexibility index (Phi) is 5.81. The predicted molar refractivity (Wildman–Crippen MR) is 115 cm³/mol. The number of nitrogens with zero attached hydrogens (tertiary/aromatic N) is 2. The van der Waals surface area contributed by atoms with Crippen molar-refractivity contribution in [2.75, 3.05) is 11.4 Å². The number of aryl methyl sites for hydroxylation is 1. The van der Waals surface area contributed by atoms with Gasteiger partial charge in [0.05, 0.1) is 29.4 Å². The van der Waals surface area contributed by atoms with Crippen LogP contribution < -0.4 is 13.8 Å². The molecular weight excluding hydrogens is 400 g/mol. The van der Waals surface area contributed by atoms with Crippen molar-refractivity contribution in [3.8, 4) is 11.5 Å². The van der Waals surface area contributed by atoms with Crippen molar-refractivity contribution in [3.05, 3.63) is 78.1 Å². The number of methoxy groups -OCH3 is 1. The molecule has 154 valence electrons. The summed E-state index contributed by atoms with van der Waals surface area (Å²) in [6.45, 7) is 2.00. The average Bonchev–Trinajstić information content (AvgIpc) is 3.03. The number of aromatic nitrogens is 1. The zero-order valence-corrected chi connectivity index (χ0v) is 17.6. The van der Waals surface area contributed by atoms with E-state index in [9.17, 15) is 9.00 Å². The maximum absolute atomic E-state index is 12.9. The van der Waals surface area contributed by atoms with Gasteiger partial charge in [-0.1, -0.05) is 30.3 Å². The predicted octanol–water partition coefficient (Wildman–Crippen LogP) is 4.17. The van der Waals surface area contributed by atoms with Crippen molar-refractivity contribution >= 4 is 22.6 Å². The molecule has 1 aliphatic heterocycles. The molecule has 1 aromatic heterocycles. The van der Waals surface area contributed by atoms with Crippen LogP contribution in [0.5, 0.6) is 11.5 Å². The minimum absolute atomic E-state index is 0.0736. The van der Waals surface area contributed by atoms with Gasteiger partial charge < -0.3 is 9.47 Å². The number of hydrogen-bond acceptors (Lipinski definition) is 5. The van der Waals surface area contributed by atoms with Crippen molar-refractivity contribution in [3.63, 3.8) is 0 Å². The summed E-state index contributed by atoms with van der Waals surface area (Å²) in [5, 5.41) is 0. The van der Waals surface area contributed by atoms with Gasteiger partial charge in [0.15, 0.2) is 22.5 Å². The van der Waals surface area contributed by atoms with Gasteiger partial charge in [-0.25, -0.2) is 8.51 Å². The summed E-state index contributed by atoms with van der Waals surface area (Å²) in [5.41, 5.74) is 2.14. The molecule has 0 fully saturated rings. The van der Waals surface area contributed by atoms with Gasteiger partial charge in [-0.05, 0) is 43.5 Å². The summed E-state index contributed by atoms with van der Waals surface area (Å²) in [4.78, 5) is 17.2. The molecule has 3 aromatic rings. The number of pyridine rings is 1. The molecule has 4 rings (SSSR count). The molecule has 0 saturated carbocycles. The third-order valence-corrected chi connectivity index (χ3v) is 6.36. The minimum atomic E-state index is -1.65. The lowest BCUT2D eigenvalue weighted by molar-refractivity contribution is 0.101. The van der Waals surface area contributed by atoms with Crippen LogP contribution in [-0.4, -0.2) is 28.3 Å². The third-order valence-electron chi connectivity index (χ3n) is 4.95. The molecule has 0 radical (unpaired) electrons. The first-order valence-electron chi connectivity index (χ1n) is 9.67. The van der Waals surface area contributed by atoms with Gasteiger partial charge in [0.2, 0.25) is 0 Å². The molecule has 2 unspecified atom stereocenters. The molecule has 30 heavy (non-hydrogen) atoms. The van der Waals surface area contributed by atoms with Gasteiger partial charge in [0, 0.05) is 18.5 Å². The molecule has 0 spiro atoms. The molecule has 0 bridgehead atoms. The zero-order valence-electron chi connectivity index (χ0n) is 16.8. The fourth-order valence-corrected chi connectivity index (χ4v) is 4.61. The Bertz CT molecular complexity index is 1050. The standard InChI is InChI=1S/C23H22N2O4S/c1-16(8-9-17-6-4-3-5-7-17)29-21-14-18(10-11-20(21)28-2)25-23(26)19-12-13-24-15-22(19)30(25)27/h3-7,10-16H,8-9H2,1-2H3. The van der Waals surface area contributed by atoms with Gasteiger partial charge in [-0.2, -0.15) is 0 Å². The fraction of sp³-hybridized carbons (Fsp3) is 0.217. The Morgan fingerprint density at radius 3 is 2.63 bits per heavy atom. The van der Waals surface area contributed by atoms with Crippen molar-refractivity contribution in [2.45, 2.75) is 30.8 Å². The van der Waals surface area contributed by atoms with Crippen LogP contribution in [0.1, 0.15) is 29.3 Å². The van der Waals surface area contributed by atoms with E-state index in [1.165, 1.54) is 22.3 Å². The van der Waals surface area contributed by atoms with Crippen LogP contribution in [0.2, 0.25) is 0 Å². The number of benzene rings is 2. The van der Waals surface area contributed by atoms with Gasteiger partial charge in [-0.15, -0.1) is 0 Å². The highest BCUT2D eigenvalue weighted by atomic mass is 32.2. The van der Waals surface area contributed by atoms with E-state index in [1.54, 1.807) is 31.4 Å². The molecule has 1 aliphatic rings. The molecule has 0 saturated heterocycles. The van der Waals surface area contributed by atoms with Crippen LogP contribution in [0.15, 0.2) is 71.9 Å². The maximum Gasteiger partial charge on any atom is 0.271 e. The second-order valence-corrected chi connectivity index (χ2v) is 8.31. The van der Waals surface area contributed by atoms with Crippen molar-refractivity contribution in [2.24, 2.45) is 0 Å². The van der Waals surface area contributed by atoms with Crippen LogP contribution in [0.25, 0.3) is 0 Å². The van der Waals surface area contributed by atoms with Crippen molar-refractivity contribution in [1.29, 1.82) is 0 Å². The summed E-state index contributed by atoms with van der Waals surface area (Å²) in [5.74, 6) is 0.746. The summed E-state index contributed by atoms with van der Waals surface area (Å²) in [6, 6.07) is 16.9. The number of fused-ring (bicyclic) bond motifs is 1. The molecule has 2 atom stereocenters. The Morgan fingerprint density at radius 2 is 1.90 bits per heavy atom. The molecule has 2 heterocycles. The van der Waals surface area contributed by atoms with E-state index >= 15 is 0 Å². The highest BCUT2D eigenvalue weighted by Crippen LogP contribution is 2.37. The van der Waals surface area contributed by atoms with E-state index in [0.29, 0.717) is 27.6 Å². The zero-order chi connectivity index (χ0) is 21.1. The highest BCUT2D eigenvalue weighted by molar-refractivity contribution is 7.88. The van der Waals surface area contributed by atoms with Crippen LogP contribution in [0.3, 0.4) is 0 Å². The number of hydrogen-bond donors (Lipinski definition) is 0. The lowest BCUT2D eigenvalue weighted by Crippen LogP contribution is -2.25. The number of ether oxygens (including phenoxy) is 2. The van der Waals surface area contributed by atoms with Gasteiger partial charge >= 0.3 is 0 Å². The van der Waals surface area contributed by atoms with E-state index in [0.717, 1.165) is 12.8 Å². The van der Waals surface area contributed by atoms with Crippen molar-refractivity contribution in [1.82, 2.24) is 4.98 Å². The SMILES string of the molecule is COc1ccc(N2C(=O)c3ccncc3S2=O)cc1OC(C)CCc1ccccc1. The van der Waals surface area contributed by atoms with E-state index in [4.69, 9.17) is 9.47 Å². The summed E-state index contributed by atoms with van der Waals surface area (Å²) in [6.07, 6.45) is 4.63. The minimum Gasteiger partial charge on any atom is -0.493 e. The van der Waals surface area contributed by atoms with E-state index in [2.05, 4.69) is 17.1 Å². The topological polar surface area (TPSA) is 68.7 Å². The van der Waals surface area contributed by atoms with Crippen LogP contribution in [-0.2, 0) is 17.4 Å². The maximum atomic E-state index is 12.9. The molecule has 7 heteroatoms. The van der Waals surface area contributed by atoms with Gasteiger partial charge in [-0.3, -0.25) is 9.78 Å². The normalized spacial score (nSPS) is 16.3. The monoisotopic (exact) mass is 422 g/mol. The first-order valence-corrected chi connectivity index (χ1v) is 10.8. The molecule has 2 aromatic carbocycles. The lowest BCUT2D eigenvalue weighted by Gasteiger charge is -2.20. The summed E-state index contributed by atoms with van der Waals surface area (Å²) < 4.78 is 25.7. The molecule has 6 nitrogen and oxygen atoms in total. The smallest absolute Gasteiger partial charge is 0.271 e. The molecule has 0 N–H and O–H groups in total. The van der Waals surface area contributed by atoms with Gasteiger partial charge in [0.25, 0.3) is 5.91 Å². The van der Waals surface area contributed by atoms with Crippen molar-refractivity contribution < 1.29 is 18.5 Å². The first-order chi connectivity index (χ1) is 14.6. The summed E-state index contributed by atoms with van der Waals surface area (Å²) >= 11 is 0. The van der Waals surface area contributed by atoms with Crippen LogP contribution >= 0.6 is 0 Å². The van der Waals surface area contributed by atoms with Crippen LogP contribution in [0.4, 0.5) is 5.69 Å². The average molecular weight is 423 g/mol. The Hall–Kier alpha value is -3.19. The first kappa shape index (κ1) is 20.1. The van der Waals surface area contributed by atoms with Crippen LogP contribution in [0, 0.1) is 0 Å². The quantitative estimate of drug-likeness (QED) is 0.572. The molecular formula is C23H22N2O4S. The lowest BCUT2D eigenvalue weighted by atomic mass is 10.1. The Balaban J connectivity index is 1.54. The molecule has 1 amide bonds. The number of carbonyl (C=O) groups excluding carboxylic acids is 1. The van der Waals surface area contributed by atoms with Gasteiger partial charge in [0.1, 0.15) is 0 Å². The number of anilines is 1. The fourth-order valence-electron chi connectivity index (χ4n) is 3.37. The second kappa shape index (κ2) is 8.67. The van der Waals surface area contributed by atoms with E-state index in [-0.39, 0.29) is 12.0 Å². The third kappa shape index (κ3) is 3.93.